The molecule has 1 aliphatic rings. The second kappa shape index (κ2) is 20.3. The topological polar surface area (TPSA) is 65.2 Å². The van der Waals surface area contributed by atoms with Gasteiger partial charge in [-0.2, -0.15) is 0 Å². The number of hydrogen-bond donors (Lipinski definition) is 2. The lowest BCUT2D eigenvalue weighted by molar-refractivity contribution is 0.390. The second-order valence-corrected chi connectivity index (χ2v) is 12.5. The average Bonchev–Trinajstić information content (AvgIpc) is 3.00. The first kappa shape index (κ1) is 33.9. The van der Waals surface area contributed by atoms with Crippen LogP contribution in [0.4, 0.5) is 0 Å². The Labute approximate surface area is 256 Å². The van der Waals surface area contributed by atoms with E-state index in [1.54, 1.807) is 0 Å². The van der Waals surface area contributed by atoms with Crippen molar-refractivity contribution in [3.8, 4) is 11.5 Å². The number of aromatic hydroxyl groups is 2. The highest BCUT2D eigenvalue weighted by Crippen LogP contribution is 2.26. The summed E-state index contributed by atoms with van der Waals surface area (Å²) in [6.07, 6.45) is 28.4. The molecular formula is C38H58N2O2. The molecule has 4 nitrogen and oxygen atoms in total. The van der Waals surface area contributed by atoms with Gasteiger partial charge in [-0.3, -0.25) is 9.98 Å². The van der Waals surface area contributed by atoms with Gasteiger partial charge >= 0.3 is 0 Å². The van der Waals surface area contributed by atoms with Crippen LogP contribution in [0.15, 0.2) is 46.4 Å². The van der Waals surface area contributed by atoms with Gasteiger partial charge in [-0.25, -0.2) is 0 Å². The first-order valence-corrected chi connectivity index (χ1v) is 17.3. The summed E-state index contributed by atoms with van der Waals surface area (Å²) in [5.74, 6) is 0.584. The fourth-order valence-corrected chi connectivity index (χ4v) is 6.09. The Balaban J connectivity index is 1.54. The van der Waals surface area contributed by atoms with Crippen LogP contribution in [0.3, 0.4) is 0 Å². The van der Waals surface area contributed by atoms with Gasteiger partial charge in [0.1, 0.15) is 11.5 Å². The van der Waals surface area contributed by atoms with Gasteiger partial charge in [-0.05, 0) is 73.9 Å². The molecule has 0 unspecified atom stereocenters. The molecule has 0 bridgehead atoms. The molecular weight excluding hydrogens is 516 g/mol. The molecule has 0 spiro atoms. The predicted octanol–water partition coefficient (Wildman–Crippen LogP) is 10.5. The van der Waals surface area contributed by atoms with Crippen LogP contribution in [0.2, 0.25) is 0 Å². The fourth-order valence-electron chi connectivity index (χ4n) is 6.09. The molecule has 0 radical (unpaired) electrons. The van der Waals surface area contributed by atoms with E-state index < -0.39 is 0 Å². The van der Waals surface area contributed by atoms with Crippen LogP contribution >= 0.6 is 0 Å². The maximum atomic E-state index is 10.5. The normalized spacial score (nSPS) is 17.5. The molecule has 2 aromatic carbocycles. The third-order valence-corrected chi connectivity index (χ3v) is 8.83. The van der Waals surface area contributed by atoms with E-state index in [1.807, 2.05) is 36.7 Å². The summed E-state index contributed by atoms with van der Waals surface area (Å²) in [6.45, 7) is 4.52. The van der Waals surface area contributed by atoms with Gasteiger partial charge in [0.05, 0.1) is 12.1 Å². The number of rotatable bonds is 20. The number of nitrogens with zero attached hydrogens (tertiary/aromatic N) is 2. The predicted molar refractivity (Wildman–Crippen MR) is 181 cm³/mol. The lowest BCUT2D eigenvalue weighted by atomic mass is 9.91. The summed E-state index contributed by atoms with van der Waals surface area (Å²) in [7, 11) is 0. The molecule has 1 saturated carbocycles. The molecule has 232 valence electrons. The Morgan fingerprint density at radius 1 is 0.571 bits per heavy atom. The van der Waals surface area contributed by atoms with Crippen molar-refractivity contribution in [3.63, 3.8) is 0 Å². The molecule has 0 aromatic heterocycles. The standard InChI is InChI=1S/C38H58N2O2/c1-3-5-7-9-11-13-15-19-31-23-25-37(41)33(27-31)29-39-35-21-17-18-22-36(35)40-30-34-28-32(24-26-38(34)42)20-16-14-12-10-8-6-4-2/h23-30,35-36,41-42H,3-22H2,1-2H3/t35-,36-/m1/s1. The van der Waals surface area contributed by atoms with E-state index in [4.69, 9.17) is 9.98 Å². The van der Waals surface area contributed by atoms with Crippen LogP contribution in [-0.2, 0) is 12.8 Å². The van der Waals surface area contributed by atoms with Crippen molar-refractivity contribution in [2.45, 2.75) is 154 Å². The van der Waals surface area contributed by atoms with Crippen molar-refractivity contribution < 1.29 is 10.2 Å². The summed E-state index contributed by atoms with van der Waals surface area (Å²) < 4.78 is 0. The quantitative estimate of drug-likeness (QED) is 0.122. The van der Waals surface area contributed by atoms with Crippen molar-refractivity contribution in [2.75, 3.05) is 0 Å². The summed E-state index contributed by atoms with van der Waals surface area (Å²) in [4.78, 5) is 9.89. The Bertz CT molecular complexity index is 991. The second-order valence-electron chi connectivity index (χ2n) is 12.5. The SMILES string of the molecule is CCCCCCCCCc1ccc(O)c(C=N[C@@H]2CCCC[C@H]2N=Cc2cc(CCCCCCCCC)ccc2O)c1. The molecule has 2 N–H and O–H groups in total. The number of aryl methyl sites for hydroxylation is 2. The number of benzene rings is 2. The van der Waals surface area contributed by atoms with Gasteiger partial charge in [-0.1, -0.05) is 116 Å². The van der Waals surface area contributed by atoms with Crippen molar-refractivity contribution in [2.24, 2.45) is 9.98 Å². The summed E-state index contributed by atoms with van der Waals surface area (Å²) in [5, 5.41) is 21.0. The summed E-state index contributed by atoms with van der Waals surface area (Å²) in [5.41, 5.74) is 4.15. The molecule has 1 fully saturated rings. The number of hydrogen-bond acceptors (Lipinski definition) is 4. The summed E-state index contributed by atoms with van der Waals surface area (Å²) >= 11 is 0. The van der Waals surface area contributed by atoms with Crippen LogP contribution in [0, 0.1) is 0 Å². The zero-order valence-corrected chi connectivity index (χ0v) is 26.7. The van der Waals surface area contributed by atoms with Crippen LogP contribution < -0.4 is 0 Å². The molecule has 0 saturated heterocycles. The van der Waals surface area contributed by atoms with E-state index in [-0.39, 0.29) is 12.1 Å². The molecule has 0 aliphatic heterocycles. The number of unbranched alkanes of at least 4 members (excludes halogenated alkanes) is 12. The maximum Gasteiger partial charge on any atom is 0.124 e. The van der Waals surface area contributed by atoms with Crippen molar-refractivity contribution in [1.29, 1.82) is 0 Å². The third-order valence-electron chi connectivity index (χ3n) is 8.83. The Morgan fingerprint density at radius 2 is 0.952 bits per heavy atom. The highest BCUT2D eigenvalue weighted by atomic mass is 16.3. The third kappa shape index (κ3) is 12.7. The zero-order valence-electron chi connectivity index (χ0n) is 26.7. The molecule has 2 aromatic rings. The van der Waals surface area contributed by atoms with E-state index >= 15 is 0 Å². The highest BCUT2D eigenvalue weighted by Gasteiger charge is 2.23. The Hall–Kier alpha value is -2.62. The van der Waals surface area contributed by atoms with E-state index in [0.29, 0.717) is 11.5 Å². The van der Waals surface area contributed by atoms with E-state index in [1.165, 1.54) is 101 Å². The first-order chi connectivity index (χ1) is 20.6. The van der Waals surface area contributed by atoms with Crippen LogP contribution in [0.25, 0.3) is 0 Å². The lowest BCUT2D eigenvalue weighted by Gasteiger charge is -2.25. The molecule has 0 heterocycles. The van der Waals surface area contributed by atoms with E-state index in [2.05, 4.69) is 26.0 Å². The minimum absolute atomic E-state index is 0.0965. The van der Waals surface area contributed by atoms with Crippen molar-refractivity contribution in [1.82, 2.24) is 0 Å². The minimum atomic E-state index is 0.0965. The molecule has 1 aliphatic carbocycles. The Morgan fingerprint density at radius 3 is 1.36 bits per heavy atom. The number of phenols is 2. The minimum Gasteiger partial charge on any atom is -0.507 e. The molecule has 4 heteroatoms. The largest absolute Gasteiger partial charge is 0.507 e. The van der Waals surface area contributed by atoms with Crippen LogP contribution in [0.1, 0.15) is 152 Å². The highest BCUT2D eigenvalue weighted by molar-refractivity contribution is 5.84. The van der Waals surface area contributed by atoms with Crippen LogP contribution in [-0.4, -0.2) is 34.7 Å². The van der Waals surface area contributed by atoms with Gasteiger partial charge in [0, 0.05) is 23.6 Å². The van der Waals surface area contributed by atoms with Crippen molar-refractivity contribution >= 4 is 12.4 Å². The molecule has 42 heavy (non-hydrogen) atoms. The van der Waals surface area contributed by atoms with Gasteiger partial charge < -0.3 is 10.2 Å². The Kier molecular flexibility index (Phi) is 16.4. The van der Waals surface area contributed by atoms with Crippen molar-refractivity contribution in [3.05, 3.63) is 58.7 Å². The van der Waals surface area contributed by atoms with Crippen LogP contribution in [0.5, 0.6) is 11.5 Å². The van der Waals surface area contributed by atoms with Gasteiger partial charge in [0.25, 0.3) is 0 Å². The molecule has 0 amide bonds. The van der Waals surface area contributed by atoms with Gasteiger partial charge in [0.2, 0.25) is 0 Å². The number of phenolic OH excluding ortho intramolecular Hbond substituents is 2. The average molecular weight is 575 g/mol. The smallest absolute Gasteiger partial charge is 0.124 e. The van der Waals surface area contributed by atoms with Gasteiger partial charge in [-0.15, -0.1) is 0 Å². The summed E-state index contributed by atoms with van der Waals surface area (Å²) in [6, 6.07) is 12.1. The molecule has 3 rings (SSSR count). The zero-order chi connectivity index (χ0) is 29.8. The monoisotopic (exact) mass is 574 g/mol. The molecule has 2 atom stereocenters. The first-order valence-electron chi connectivity index (χ1n) is 17.3. The lowest BCUT2D eigenvalue weighted by Crippen LogP contribution is -2.27. The maximum absolute atomic E-state index is 10.5. The fraction of sp³-hybridized carbons (Fsp3) is 0.632. The number of aliphatic imine (C=N–C) groups is 2. The van der Waals surface area contributed by atoms with Gasteiger partial charge in [0.15, 0.2) is 0 Å². The van der Waals surface area contributed by atoms with E-state index in [9.17, 15) is 10.2 Å². The van der Waals surface area contributed by atoms with E-state index in [0.717, 1.165) is 49.7 Å².